The normalized spacial score (nSPS) is 11.6. The van der Waals surface area contributed by atoms with Crippen LogP contribution in [0.25, 0.3) is 10.9 Å². The van der Waals surface area contributed by atoms with Gasteiger partial charge in [-0.05, 0) is 54.3 Å². The first-order chi connectivity index (χ1) is 12.6. The van der Waals surface area contributed by atoms with Gasteiger partial charge in [0.25, 0.3) is 5.56 Å². The minimum atomic E-state index is -4.53. The Morgan fingerprint density at radius 2 is 1.89 bits per heavy atom. The van der Waals surface area contributed by atoms with Crippen molar-refractivity contribution >= 4 is 34.1 Å². The van der Waals surface area contributed by atoms with E-state index in [-0.39, 0.29) is 22.7 Å². The summed E-state index contributed by atoms with van der Waals surface area (Å²) in [6, 6.07) is 9.54. The highest BCUT2D eigenvalue weighted by molar-refractivity contribution is 6.33. The Kier molecular flexibility index (Phi) is 4.97. The molecular weight excluding hydrogens is 381 g/mol. The average molecular weight is 395 g/mol. The van der Waals surface area contributed by atoms with Gasteiger partial charge in [0.15, 0.2) is 0 Å². The summed E-state index contributed by atoms with van der Waals surface area (Å²) in [7, 11) is 0. The standard InChI is InChI=1S/C19H14ClF3N2O2/c1-10-6-12-7-11(2-5-15(12)25-18(10)27)8-17(26)24-16-9-13(19(21,22)23)3-4-14(16)20/h2-7,9H,8H2,1H3,(H,24,26)(H,25,27). The van der Waals surface area contributed by atoms with E-state index in [9.17, 15) is 22.8 Å². The molecule has 0 unspecified atom stereocenters. The number of anilines is 1. The van der Waals surface area contributed by atoms with Gasteiger partial charge in [-0.25, -0.2) is 0 Å². The number of benzene rings is 2. The second-order valence-electron chi connectivity index (χ2n) is 6.12. The number of carbonyl (C=O) groups is 1. The molecule has 27 heavy (non-hydrogen) atoms. The number of pyridine rings is 1. The zero-order valence-corrected chi connectivity index (χ0v) is 14.8. The summed E-state index contributed by atoms with van der Waals surface area (Å²) in [5.74, 6) is -0.503. The zero-order valence-electron chi connectivity index (χ0n) is 14.1. The molecule has 1 amide bonds. The molecule has 3 rings (SSSR count). The van der Waals surface area contributed by atoms with Gasteiger partial charge in [-0.15, -0.1) is 0 Å². The molecule has 0 aliphatic heterocycles. The van der Waals surface area contributed by atoms with E-state index in [2.05, 4.69) is 10.3 Å². The summed E-state index contributed by atoms with van der Waals surface area (Å²) in [5.41, 5.74) is 0.641. The summed E-state index contributed by atoms with van der Waals surface area (Å²) in [6.07, 6.45) is -4.59. The molecule has 0 fully saturated rings. The number of rotatable bonds is 3. The number of aromatic amines is 1. The van der Waals surface area contributed by atoms with Gasteiger partial charge < -0.3 is 10.3 Å². The lowest BCUT2D eigenvalue weighted by molar-refractivity contribution is -0.137. The number of halogens is 4. The maximum Gasteiger partial charge on any atom is 0.416 e. The summed E-state index contributed by atoms with van der Waals surface area (Å²) < 4.78 is 38.4. The number of hydrogen-bond acceptors (Lipinski definition) is 2. The topological polar surface area (TPSA) is 62.0 Å². The van der Waals surface area contributed by atoms with Crippen molar-refractivity contribution in [3.05, 3.63) is 74.5 Å². The van der Waals surface area contributed by atoms with Crippen molar-refractivity contribution < 1.29 is 18.0 Å². The summed E-state index contributed by atoms with van der Waals surface area (Å²) >= 11 is 5.89. The molecular formula is C19H14ClF3N2O2. The van der Waals surface area contributed by atoms with Crippen LogP contribution >= 0.6 is 11.6 Å². The van der Waals surface area contributed by atoms with Crippen LogP contribution in [0.3, 0.4) is 0 Å². The van der Waals surface area contributed by atoms with Crippen LogP contribution in [-0.2, 0) is 17.4 Å². The number of fused-ring (bicyclic) bond motifs is 1. The molecule has 0 aliphatic rings. The second-order valence-corrected chi connectivity index (χ2v) is 6.53. The van der Waals surface area contributed by atoms with Crippen LogP contribution in [0.5, 0.6) is 0 Å². The van der Waals surface area contributed by atoms with Gasteiger partial charge in [-0.3, -0.25) is 9.59 Å². The lowest BCUT2D eigenvalue weighted by atomic mass is 10.1. The van der Waals surface area contributed by atoms with Crippen LogP contribution in [0.4, 0.5) is 18.9 Å². The Hall–Kier alpha value is -2.80. The van der Waals surface area contributed by atoms with Gasteiger partial charge in [0.1, 0.15) is 0 Å². The van der Waals surface area contributed by atoms with E-state index < -0.39 is 17.6 Å². The van der Waals surface area contributed by atoms with E-state index in [1.165, 1.54) is 0 Å². The highest BCUT2D eigenvalue weighted by atomic mass is 35.5. The first-order valence-electron chi connectivity index (χ1n) is 7.92. The van der Waals surface area contributed by atoms with Crippen LogP contribution in [0.2, 0.25) is 5.02 Å². The molecule has 3 aromatic rings. The Bertz CT molecular complexity index is 1090. The van der Waals surface area contributed by atoms with Gasteiger partial charge in [-0.1, -0.05) is 17.7 Å². The number of amides is 1. The third-order valence-electron chi connectivity index (χ3n) is 4.03. The number of aromatic nitrogens is 1. The average Bonchev–Trinajstić information content (AvgIpc) is 2.57. The van der Waals surface area contributed by atoms with Crippen molar-refractivity contribution in [1.29, 1.82) is 0 Å². The van der Waals surface area contributed by atoms with Crippen molar-refractivity contribution in [2.24, 2.45) is 0 Å². The first kappa shape index (κ1) is 19.0. The van der Waals surface area contributed by atoms with Crippen LogP contribution in [-0.4, -0.2) is 10.9 Å². The lowest BCUT2D eigenvalue weighted by Crippen LogP contribution is -2.16. The highest BCUT2D eigenvalue weighted by Crippen LogP contribution is 2.33. The summed E-state index contributed by atoms with van der Waals surface area (Å²) in [6.45, 7) is 1.67. The zero-order chi connectivity index (χ0) is 19.8. The SMILES string of the molecule is Cc1cc2cc(CC(=O)Nc3cc(C(F)(F)F)ccc3Cl)ccc2[nH]c1=O. The molecule has 0 saturated carbocycles. The van der Waals surface area contributed by atoms with E-state index in [0.717, 1.165) is 23.6 Å². The van der Waals surface area contributed by atoms with Gasteiger partial charge in [-0.2, -0.15) is 13.2 Å². The number of nitrogens with one attached hydrogen (secondary N) is 2. The molecule has 2 aromatic carbocycles. The minimum absolute atomic E-state index is 0.0167. The molecule has 1 aromatic heterocycles. The molecule has 0 radical (unpaired) electrons. The predicted octanol–water partition coefficient (Wildman–Crippen LogP) is 4.69. The predicted molar refractivity (Wildman–Crippen MR) is 98.1 cm³/mol. The lowest BCUT2D eigenvalue weighted by Gasteiger charge is -2.12. The summed E-state index contributed by atoms with van der Waals surface area (Å²) in [5, 5.41) is 3.19. The van der Waals surface area contributed by atoms with E-state index in [1.54, 1.807) is 31.2 Å². The van der Waals surface area contributed by atoms with E-state index in [4.69, 9.17) is 11.6 Å². The fraction of sp³-hybridized carbons (Fsp3) is 0.158. The van der Waals surface area contributed by atoms with E-state index >= 15 is 0 Å². The molecule has 0 aliphatic carbocycles. The molecule has 0 atom stereocenters. The quantitative estimate of drug-likeness (QED) is 0.677. The third kappa shape index (κ3) is 4.31. The second kappa shape index (κ2) is 7.08. The van der Waals surface area contributed by atoms with Crippen LogP contribution in [0.1, 0.15) is 16.7 Å². The molecule has 0 bridgehead atoms. The fourth-order valence-electron chi connectivity index (χ4n) is 2.65. The molecule has 0 saturated heterocycles. The monoisotopic (exact) mass is 394 g/mol. The van der Waals surface area contributed by atoms with Crippen molar-refractivity contribution in [1.82, 2.24) is 4.98 Å². The molecule has 8 heteroatoms. The van der Waals surface area contributed by atoms with Gasteiger partial charge in [0.2, 0.25) is 5.91 Å². The largest absolute Gasteiger partial charge is 0.416 e. The molecule has 2 N–H and O–H groups in total. The van der Waals surface area contributed by atoms with Crippen LogP contribution < -0.4 is 10.9 Å². The highest BCUT2D eigenvalue weighted by Gasteiger charge is 2.31. The molecule has 0 spiro atoms. The van der Waals surface area contributed by atoms with E-state index in [1.807, 2.05) is 0 Å². The number of carbonyl (C=O) groups excluding carboxylic acids is 1. The fourth-order valence-corrected chi connectivity index (χ4v) is 2.82. The van der Waals surface area contributed by atoms with Gasteiger partial charge in [0, 0.05) is 11.1 Å². The van der Waals surface area contributed by atoms with E-state index in [0.29, 0.717) is 16.6 Å². The minimum Gasteiger partial charge on any atom is -0.324 e. The van der Waals surface area contributed by atoms with Crippen LogP contribution in [0, 0.1) is 6.92 Å². The van der Waals surface area contributed by atoms with Crippen molar-refractivity contribution in [3.8, 4) is 0 Å². The molecule has 140 valence electrons. The Morgan fingerprint density at radius 1 is 1.15 bits per heavy atom. The number of hydrogen-bond donors (Lipinski definition) is 2. The number of alkyl halides is 3. The smallest absolute Gasteiger partial charge is 0.324 e. The third-order valence-corrected chi connectivity index (χ3v) is 4.36. The summed E-state index contributed by atoms with van der Waals surface area (Å²) in [4.78, 5) is 26.6. The number of H-pyrrole nitrogens is 1. The van der Waals surface area contributed by atoms with Crippen LogP contribution in [0.15, 0.2) is 47.3 Å². The van der Waals surface area contributed by atoms with Crippen molar-refractivity contribution in [2.45, 2.75) is 19.5 Å². The Morgan fingerprint density at radius 3 is 2.59 bits per heavy atom. The Balaban J connectivity index is 1.81. The van der Waals surface area contributed by atoms with Crippen molar-refractivity contribution in [3.63, 3.8) is 0 Å². The molecule has 1 heterocycles. The van der Waals surface area contributed by atoms with Gasteiger partial charge in [0.05, 0.1) is 22.7 Å². The Labute approximate surface area is 157 Å². The maximum atomic E-state index is 12.8. The maximum absolute atomic E-state index is 12.8. The first-order valence-corrected chi connectivity index (χ1v) is 8.30. The van der Waals surface area contributed by atoms with Crippen molar-refractivity contribution in [2.75, 3.05) is 5.32 Å². The molecule has 4 nitrogen and oxygen atoms in total. The number of aryl methyl sites for hydroxylation is 1. The van der Waals surface area contributed by atoms with Gasteiger partial charge >= 0.3 is 6.18 Å².